The van der Waals surface area contributed by atoms with Crippen molar-refractivity contribution < 1.29 is 9.90 Å². The molecule has 0 aliphatic rings. The summed E-state index contributed by atoms with van der Waals surface area (Å²) in [5.41, 5.74) is 1.38. The molecule has 112 valence electrons. The van der Waals surface area contributed by atoms with E-state index in [-0.39, 0.29) is 11.3 Å². The van der Waals surface area contributed by atoms with Gasteiger partial charge < -0.3 is 10.4 Å². The summed E-state index contributed by atoms with van der Waals surface area (Å²) in [6, 6.07) is 15.9. The van der Waals surface area contributed by atoms with Crippen LogP contribution in [-0.4, -0.2) is 17.2 Å². The van der Waals surface area contributed by atoms with Gasteiger partial charge in [0.2, 0.25) is 0 Å². The number of carbonyl (C=O) groups is 1. The Kier molecular flexibility index (Phi) is 5.33. The number of para-hydroxylation sites is 1. The van der Waals surface area contributed by atoms with Gasteiger partial charge >= 0.3 is 0 Å². The monoisotopic (exact) mass is 314 g/mol. The Hall–Kier alpha value is -2.59. The second-order valence-electron chi connectivity index (χ2n) is 4.55. The second kappa shape index (κ2) is 7.43. The number of aliphatic imine (C=N–C) groups is 1. The van der Waals surface area contributed by atoms with Crippen molar-refractivity contribution in [2.24, 2.45) is 4.99 Å². The van der Waals surface area contributed by atoms with E-state index in [1.54, 1.807) is 36.4 Å². The average Bonchev–Trinajstić information content (AvgIpc) is 2.50. The highest BCUT2D eigenvalue weighted by Crippen LogP contribution is 2.15. The van der Waals surface area contributed by atoms with Gasteiger partial charge in [-0.3, -0.25) is 9.79 Å². The van der Waals surface area contributed by atoms with E-state index < -0.39 is 5.91 Å². The molecule has 0 saturated heterocycles. The summed E-state index contributed by atoms with van der Waals surface area (Å²) in [6.45, 7) is 1.44. The second-order valence-corrected chi connectivity index (χ2v) is 4.99. The van der Waals surface area contributed by atoms with Gasteiger partial charge in [-0.15, -0.1) is 0 Å². The highest BCUT2D eigenvalue weighted by molar-refractivity contribution is 6.30. The van der Waals surface area contributed by atoms with Gasteiger partial charge in [-0.1, -0.05) is 29.8 Å². The van der Waals surface area contributed by atoms with E-state index in [2.05, 4.69) is 10.3 Å². The zero-order valence-electron chi connectivity index (χ0n) is 12.0. The Morgan fingerprint density at radius 2 is 1.77 bits per heavy atom. The Balaban J connectivity index is 2.15. The smallest absolute Gasteiger partial charge is 0.260 e. The summed E-state index contributed by atoms with van der Waals surface area (Å²) in [4.78, 5) is 16.4. The van der Waals surface area contributed by atoms with Crippen molar-refractivity contribution in [2.45, 2.75) is 6.92 Å². The zero-order chi connectivity index (χ0) is 15.9. The molecular formula is C17H15ClN2O2. The number of anilines is 1. The van der Waals surface area contributed by atoms with Crippen LogP contribution in [0.5, 0.6) is 0 Å². The van der Waals surface area contributed by atoms with Gasteiger partial charge in [-0.2, -0.15) is 0 Å². The molecule has 2 aromatic carbocycles. The first-order valence-corrected chi connectivity index (χ1v) is 7.00. The number of carbonyl (C=O) groups excluding carboxylic acids is 1. The maximum Gasteiger partial charge on any atom is 0.260 e. The van der Waals surface area contributed by atoms with Crippen LogP contribution in [0.15, 0.2) is 70.9 Å². The summed E-state index contributed by atoms with van der Waals surface area (Å²) >= 11 is 5.80. The van der Waals surface area contributed by atoms with Crippen LogP contribution in [0.4, 0.5) is 11.4 Å². The molecule has 0 aliphatic carbocycles. The lowest BCUT2D eigenvalue weighted by atomic mass is 10.2. The fourth-order valence-corrected chi connectivity index (χ4v) is 1.83. The number of amides is 1. The first-order valence-electron chi connectivity index (χ1n) is 6.62. The van der Waals surface area contributed by atoms with Crippen LogP contribution >= 0.6 is 11.6 Å². The Labute approximate surface area is 133 Å². The normalized spacial score (nSPS) is 12.1. The summed E-state index contributed by atoms with van der Waals surface area (Å²) in [7, 11) is 0. The standard InChI is InChI=1S/C17H15ClN2O2/c1-12(21)16(11-19-14-5-3-2-4-6-14)17(22)20-15-9-7-13(18)8-10-15/h2-11,21H,1H3,(H,20,22)/b16-12+,19-11?. The van der Waals surface area contributed by atoms with E-state index in [4.69, 9.17) is 11.6 Å². The zero-order valence-corrected chi connectivity index (χ0v) is 12.7. The van der Waals surface area contributed by atoms with Gasteiger partial charge in [0.05, 0.1) is 11.3 Å². The minimum absolute atomic E-state index is 0.0961. The summed E-state index contributed by atoms with van der Waals surface area (Å²) in [6.07, 6.45) is 1.34. The Morgan fingerprint density at radius 1 is 1.14 bits per heavy atom. The van der Waals surface area contributed by atoms with E-state index in [0.29, 0.717) is 16.4 Å². The molecule has 2 rings (SSSR count). The SMILES string of the molecule is C/C(O)=C(/C=Nc1ccccc1)C(=O)Nc1ccc(Cl)cc1. The van der Waals surface area contributed by atoms with Crippen molar-refractivity contribution in [3.05, 3.63) is 71.0 Å². The van der Waals surface area contributed by atoms with Crippen LogP contribution < -0.4 is 5.32 Å². The molecule has 0 heterocycles. The van der Waals surface area contributed by atoms with Crippen LogP contribution in [0.25, 0.3) is 0 Å². The number of aliphatic hydroxyl groups is 1. The minimum Gasteiger partial charge on any atom is -0.512 e. The predicted octanol–water partition coefficient (Wildman–Crippen LogP) is 4.51. The molecule has 0 fully saturated rings. The number of halogens is 1. The van der Waals surface area contributed by atoms with Gasteiger partial charge in [0.1, 0.15) is 5.76 Å². The molecule has 2 N–H and O–H groups in total. The molecular weight excluding hydrogens is 300 g/mol. The minimum atomic E-state index is -0.443. The van der Waals surface area contributed by atoms with Crippen molar-refractivity contribution in [2.75, 3.05) is 5.32 Å². The molecule has 4 nitrogen and oxygen atoms in total. The Morgan fingerprint density at radius 3 is 2.36 bits per heavy atom. The number of nitrogens with one attached hydrogen (secondary N) is 1. The summed E-state index contributed by atoms with van der Waals surface area (Å²) < 4.78 is 0. The Bertz CT molecular complexity index is 703. The molecule has 0 saturated carbocycles. The van der Waals surface area contributed by atoms with Crippen molar-refractivity contribution in [3.63, 3.8) is 0 Å². The molecule has 0 aliphatic heterocycles. The molecule has 0 spiro atoms. The lowest BCUT2D eigenvalue weighted by molar-refractivity contribution is -0.112. The highest BCUT2D eigenvalue weighted by Gasteiger charge is 2.11. The summed E-state index contributed by atoms with van der Waals surface area (Å²) in [5, 5.41) is 13.0. The lowest BCUT2D eigenvalue weighted by Gasteiger charge is -2.06. The largest absolute Gasteiger partial charge is 0.512 e. The third-order valence-corrected chi connectivity index (χ3v) is 3.09. The highest BCUT2D eigenvalue weighted by atomic mass is 35.5. The van der Waals surface area contributed by atoms with E-state index >= 15 is 0 Å². The van der Waals surface area contributed by atoms with Crippen LogP contribution in [0, 0.1) is 0 Å². The molecule has 2 aromatic rings. The van der Waals surface area contributed by atoms with Crippen LogP contribution in [0.2, 0.25) is 5.02 Å². The van der Waals surface area contributed by atoms with Crippen LogP contribution in [-0.2, 0) is 4.79 Å². The van der Waals surface area contributed by atoms with Crippen molar-refractivity contribution in [1.29, 1.82) is 0 Å². The van der Waals surface area contributed by atoms with Crippen molar-refractivity contribution in [1.82, 2.24) is 0 Å². The fraction of sp³-hybridized carbons (Fsp3) is 0.0588. The van der Waals surface area contributed by atoms with Gasteiger partial charge in [0.25, 0.3) is 5.91 Å². The number of hydrogen-bond acceptors (Lipinski definition) is 3. The molecule has 1 amide bonds. The van der Waals surface area contributed by atoms with Gasteiger partial charge in [0, 0.05) is 16.9 Å². The number of aliphatic hydroxyl groups excluding tert-OH is 1. The van der Waals surface area contributed by atoms with Crippen LogP contribution in [0.3, 0.4) is 0 Å². The molecule has 0 radical (unpaired) electrons. The van der Waals surface area contributed by atoms with E-state index in [1.807, 2.05) is 18.2 Å². The van der Waals surface area contributed by atoms with Gasteiger partial charge in [0.15, 0.2) is 0 Å². The molecule has 0 aromatic heterocycles. The topological polar surface area (TPSA) is 61.7 Å². The van der Waals surface area contributed by atoms with E-state index in [0.717, 1.165) is 0 Å². The first kappa shape index (κ1) is 15.8. The predicted molar refractivity (Wildman–Crippen MR) is 90.0 cm³/mol. The maximum absolute atomic E-state index is 12.2. The van der Waals surface area contributed by atoms with Crippen molar-refractivity contribution in [3.8, 4) is 0 Å². The van der Waals surface area contributed by atoms with E-state index in [9.17, 15) is 9.90 Å². The fourth-order valence-electron chi connectivity index (χ4n) is 1.70. The quantitative estimate of drug-likeness (QED) is 0.495. The molecule has 0 bridgehead atoms. The average molecular weight is 315 g/mol. The number of rotatable bonds is 4. The molecule has 22 heavy (non-hydrogen) atoms. The van der Waals surface area contributed by atoms with E-state index in [1.165, 1.54) is 13.1 Å². The number of nitrogens with zero attached hydrogens (tertiary/aromatic N) is 1. The molecule has 5 heteroatoms. The maximum atomic E-state index is 12.2. The number of hydrogen-bond donors (Lipinski definition) is 2. The van der Waals surface area contributed by atoms with Crippen molar-refractivity contribution >= 4 is 35.1 Å². The lowest BCUT2D eigenvalue weighted by Crippen LogP contribution is -2.16. The van der Waals surface area contributed by atoms with Crippen LogP contribution in [0.1, 0.15) is 6.92 Å². The number of allylic oxidation sites excluding steroid dienone is 1. The number of benzene rings is 2. The van der Waals surface area contributed by atoms with Gasteiger partial charge in [-0.05, 0) is 43.3 Å². The molecule has 0 atom stereocenters. The first-order chi connectivity index (χ1) is 10.6. The third kappa shape index (κ3) is 4.46. The molecule has 0 unspecified atom stereocenters. The van der Waals surface area contributed by atoms with Gasteiger partial charge in [-0.25, -0.2) is 0 Å². The third-order valence-electron chi connectivity index (χ3n) is 2.84. The summed E-state index contributed by atoms with van der Waals surface area (Å²) in [5.74, 6) is -0.548.